The van der Waals surface area contributed by atoms with Crippen LogP contribution >= 0.6 is 15.9 Å². The zero-order valence-electron chi connectivity index (χ0n) is 11.2. The predicted molar refractivity (Wildman–Crippen MR) is 80.2 cm³/mol. The second-order valence-corrected chi connectivity index (χ2v) is 5.33. The van der Waals surface area contributed by atoms with Crippen LogP contribution in [0, 0.1) is 13.8 Å². The summed E-state index contributed by atoms with van der Waals surface area (Å²) in [4.78, 5) is 18.9. The van der Waals surface area contributed by atoms with Crippen molar-refractivity contribution in [3.63, 3.8) is 0 Å². The first-order valence-corrected chi connectivity index (χ1v) is 6.82. The first-order valence-electron chi connectivity index (χ1n) is 6.03. The maximum Gasteiger partial charge on any atom is 0.251 e. The number of benzene rings is 1. The smallest absolute Gasteiger partial charge is 0.251 e. The van der Waals surface area contributed by atoms with E-state index in [0.717, 1.165) is 26.9 Å². The Balaban J connectivity index is 2.55. The lowest BCUT2D eigenvalue weighted by Crippen LogP contribution is -2.14. The predicted octanol–water partition coefficient (Wildman–Crippen LogP) is 2.54. The van der Waals surface area contributed by atoms with Gasteiger partial charge in [-0.25, -0.2) is 4.98 Å². The molecule has 5 heteroatoms. The summed E-state index contributed by atoms with van der Waals surface area (Å²) in [5, 5.41) is 3.00. The molecule has 0 saturated carbocycles. The third kappa shape index (κ3) is 3.11. The fourth-order valence-electron chi connectivity index (χ4n) is 2.00. The SMILES string of the molecule is CNCc1cc(=O)[nH]c(-c2cc(C)c(Br)c(C)c2)n1. The van der Waals surface area contributed by atoms with Gasteiger partial charge in [-0.05, 0) is 44.2 Å². The molecule has 19 heavy (non-hydrogen) atoms. The quantitative estimate of drug-likeness (QED) is 0.913. The van der Waals surface area contributed by atoms with E-state index in [-0.39, 0.29) is 5.56 Å². The first kappa shape index (κ1) is 14.0. The molecule has 0 aliphatic carbocycles. The summed E-state index contributed by atoms with van der Waals surface area (Å²) in [5.74, 6) is 0.608. The lowest BCUT2D eigenvalue weighted by Gasteiger charge is -2.08. The van der Waals surface area contributed by atoms with Gasteiger partial charge in [-0.3, -0.25) is 4.79 Å². The highest BCUT2D eigenvalue weighted by molar-refractivity contribution is 9.10. The topological polar surface area (TPSA) is 57.8 Å². The molecule has 4 nitrogen and oxygen atoms in total. The standard InChI is InChI=1S/C14H16BrN3O/c1-8-4-10(5-9(2)13(8)15)14-17-11(7-16-3)6-12(19)18-14/h4-6,16H,7H2,1-3H3,(H,17,18,19). The number of nitrogens with zero attached hydrogens (tertiary/aromatic N) is 1. The van der Waals surface area contributed by atoms with Crippen LogP contribution in [0.15, 0.2) is 27.5 Å². The van der Waals surface area contributed by atoms with Crippen molar-refractivity contribution in [3.8, 4) is 11.4 Å². The average Bonchev–Trinajstić information content (AvgIpc) is 2.35. The molecule has 0 saturated heterocycles. The Bertz CT molecular complexity index is 641. The molecular weight excluding hydrogens is 306 g/mol. The van der Waals surface area contributed by atoms with Gasteiger partial charge in [-0.1, -0.05) is 15.9 Å². The summed E-state index contributed by atoms with van der Waals surface area (Å²) in [6.07, 6.45) is 0. The van der Waals surface area contributed by atoms with E-state index in [9.17, 15) is 4.79 Å². The van der Waals surface area contributed by atoms with E-state index in [4.69, 9.17) is 0 Å². The molecule has 0 bridgehead atoms. The molecule has 0 fully saturated rings. The van der Waals surface area contributed by atoms with Crippen LogP contribution in [0.4, 0.5) is 0 Å². The van der Waals surface area contributed by atoms with Crippen molar-refractivity contribution < 1.29 is 0 Å². The van der Waals surface area contributed by atoms with Crippen molar-refractivity contribution in [2.24, 2.45) is 0 Å². The zero-order chi connectivity index (χ0) is 14.0. The van der Waals surface area contributed by atoms with Gasteiger partial charge in [0.15, 0.2) is 0 Å². The fourth-order valence-corrected chi connectivity index (χ4v) is 2.23. The van der Waals surface area contributed by atoms with E-state index in [2.05, 4.69) is 31.2 Å². The Morgan fingerprint density at radius 2 is 1.89 bits per heavy atom. The Morgan fingerprint density at radius 3 is 2.47 bits per heavy atom. The molecule has 1 heterocycles. The molecule has 0 amide bonds. The van der Waals surface area contributed by atoms with Gasteiger partial charge < -0.3 is 10.3 Å². The summed E-state index contributed by atoms with van der Waals surface area (Å²) in [5.41, 5.74) is 3.77. The van der Waals surface area contributed by atoms with E-state index in [1.807, 2.05) is 33.0 Å². The van der Waals surface area contributed by atoms with Gasteiger partial charge in [-0.2, -0.15) is 0 Å². The highest BCUT2D eigenvalue weighted by Crippen LogP contribution is 2.26. The maximum absolute atomic E-state index is 11.7. The molecule has 0 aliphatic heterocycles. The molecule has 2 rings (SSSR count). The molecule has 1 aromatic carbocycles. The molecule has 0 aliphatic rings. The number of hydrogen-bond donors (Lipinski definition) is 2. The van der Waals surface area contributed by atoms with Crippen molar-refractivity contribution in [1.82, 2.24) is 15.3 Å². The maximum atomic E-state index is 11.7. The van der Waals surface area contributed by atoms with Crippen LogP contribution < -0.4 is 10.9 Å². The zero-order valence-corrected chi connectivity index (χ0v) is 12.8. The monoisotopic (exact) mass is 321 g/mol. The molecule has 2 aromatic rings. The summed E-state index contributed by atoms with van der Waals surface area (Å²) in [7, 11) is 1.83. The molecular formula is C14H16BrN3O. The Hall–Kier alpha value is -1.46. The number of aryl methyl sites for hydroxylation is 2. The second-order valence-electron chi connectivity index (χ2n) is 4.54. The van der Waals surface area contributed by atoms with Crippen LogP contribution in [0.25, 0.3) is 11.4 Å². The summed E-state index contributed by atoms with van der Waals surface area (Å²) < 4.78 is 1.09. The van der Waals surface area contributed by atoms with Crippen LogP contribution in [0.5, 0.6) is 0 Å². The lowest BCUT2D eigenvalue weighted by molar-refractivity contribution is 0.785. The van der Waals surface area contributed by atoms with Crippen molar-refractivity contribution in [2.45, 2.75) is 20.4 Å². The van der Waals surface area contributed by atoms with Crippen molar-refractivity contribution in [1.29, 1.82) is 0 Å². The molecule has 0 atom stereocenters. The van der Waals surface area contributed by atoms with Gasteiger partial charge in [0.1, 0.15) is 5.82 Å². The van der Waals surface area contributed by atoms with Crippen LogP contribution in [0.2, 0.25) is 0 Å². The number of aromatic amines is 1. The van der Waals surface area contributed by atoms with E-state index in [1.54, 1.807) is 0 Å². The van der Waals surface area contributed by atoms with Crippen LogP contribution in [-0.4, -0.2) is 17.0 Å². The minimum atomic E-state index is -0.131. The summed E-state index contributed by atoms with van der Waals surface area (Å²) in [6.45, 7) is 4.62. The van der Waals surface area contributed by atoms with E-state index >= 15 is 0 Å². The molecule has 100 valence electrons. The molecule has 2 N–H and O–H groups in total. The first-order chi connectivity index (χ1) is 9.01. The number of aromatic nitrogens is 2. The third-order valence-electron chi connectivity index (χ3n) is 2.86. The van der Waals surface area contributed by atoms with Crippen molar-refractivity contribution in [2.75, 3.05) is 7.05 Å². The van der Waals surface area contributed by atoms with Gasteiger partial charge >= 0.3 is 0 Å². The number of hydrogen-bond acceptors (Lipinski definition) is 3. The van der Waals surface area contributed by atoms with Crippen LogP contribution in [0.1, 0.15) is 16.8 Å². The number of rotatable bonds is 3. The number of H-pyrrole nitrogens is 1. The van der Waals surface area contributed by atoms with Gasteiger partial charge in [0.25, 0.3) is 5.56 Å². The number of halogens is 1. The third-order valence-corrected chi connectivity index (χ3v) is 4.11. The van der Waals surface area contributed by atoms with E-state index in [0.29, 0.717) is 12.4 Å². The van der Waals surface area contributed by atoms with Gasteiger partial charge in [0.05, 0.1) is 5.69 Å². The van der Waals surface area contributed by atoms with Crippen LogP contribution in [-0.2, 0) is 6.54 Å². The highest BCUT2D eigenvalue weighted by atomic mass is 79.9. The Labute approximate surface area is 120 Å². The molecule has 0 unspecified atom stereocenters. The van der Waals surface area contributed by atoms with Gasteiger partial charge in [-0.15, -0.1) is 0 Å². The van der Waals surface area contributed by atoms with Crippen molar-refractivity contribution >= 4 is 15.9 Å². The average molecular weight is 322 g/mol. The van der Waals surface area contributed by atoms with Crippen molar-refractivity contribution in [3.05, 3.63) is 49.8 Å². The van der Waals surface area contributed by atoms with Gasteiger partial charge in [0.2, 0.25) is 0 Å². The minimum absolute atomic E-state index is 0.131. The normalized spacial score (nSPS) is 10.7. The highest BCUT2D eigenvalue weighted by Gasteiger charge is 2.07. The molecule has 1 aromatic heterocycles. The Morgan fingerprint density at radius 1 is 1.26 bits per heavy atom. The van der Waals surface area contributed by atoms with E-state index < -0.39 is 0 Å². The summed E-state index contributed by atoms with van der Waals surface area (Å²) in [6, 6.07) is 5.54. The minimum Gasteiger partial charge on any atom is -0.314 e. The summed E-state index contributed by atoms with van der Waals surface area (Å²) >= 11 is 3.54. The number of nitrogens with one attached hydrogen (secondary N) is 2. The molecule has 0 spiro atoms. The lowest BCUT2D eigenvalue weighted by atomic mass is 10.1. The second kappa shape index (κ2) is 5.67. The largest absolute Gasteiger partial charge is 0.314 e. The van der Waals surface area contributed by atoms with E-state index in [1.165, 1.54) is 6.07 Å². The van der Waals surface area contributed by atoms with Crippen LogP contribution in [0.3, 0.4) is 0 Å². The fraction of sp³-hybridized carbons (Fsp3) is 0.286. The van der Waals surface area contributed by atoms with Gasteiger partial charge in [0, 0.05) is 22.6 Å². The molecule has 0 radical (unpaired) electrons. The Kier molecular flexibility index (Phi) is 4.17.